The lowest BCUT2D eigenvalue weighted by atomic mass is 10.1. The van der Waals surface area contributed by atoms with E-state index in [0.29, 0.717) is 24.0 Å². The van der Waals surface area contributed by atoms with Crippen molar-refractivity contribution in [1.29, 1.82) is 0 Å². The third-order valence-electron chi connectivity index (χ3n) is 3.96. The molecular weight excluding hydrogens is 270 g/mol. The standard InChI is InChI=1S/C14H25N5O2/c1-4-18-14(13(19(20)21)12(3)16-18)15-9-11(2)10-17-7-5-6-8-17/h11,15H,4-10H2,1-3H3. The van der Waals surface area contributed by atoms with Crippen molar-refractivity contribution in [2.45, 2.75) is 40.2 Å². The molecule has 1 aliphatic heterocycles. The van der Waals surface area contributed by atoms with Gasteiger partial charge in [0.2, 0.25) is 5.82 Å². The van der Waals surface area contributed by atoms with Crippen LogP contribution >= 0.6 is 0 Å². The summed E-state index contributed by atoms with van der Waals surface area (Å²) in [5.74, 6) is 0.983. The van der Waals surface area contributed by atoms with Gasteiger partial charge in [0.05, 0.1) is 4.92 Å². The molecule has 0 spiro atoms. The second-order valence-electron chi connectivity index (χ2n) is 5.85. The molecule has 0 saturated carbocycles. The smallest absolute Gasteiger partial charge is 0.333 e. The predicted octanol–water partition coefficient (Wildman–Crippen LogP) is 2.26. The van der Waals surface area contributed by atoms with Gasteiger partial charge in [0.15, 0.2) is 0 Å². The van der Waals surface area contributed by atoms with Gasteiger partial charge in [-0.2, -0.15) is 5.10 Å². The Balaban J connectivity index is 1.99. The number of nitro groups is 1. The van der Waals surface area contributed by atoms with Crippen molar-refractivity contribution in [3.8, 4) is 0 Å². The van der Waals surface area contributed by atoms with Gasteiger partial charge >= 0.3 is 5.69 Å². The average molecular weight is 295 g/mol. The van der Waals surface area contributed by atoms with Gasteiger partial charge < -0.3 is 10.2 Å². The van der Waals surface area contributed by atoms with E-state index < -0.39 is 0 Å². The van der Waals surface area contributed by atoms with E-state index in [0.717, 1.165) is 13.1 Å². The van der Waals surface area contributed by atoms with Gasteiger partial charge in [0.25, 0.3) is 0 Å². The van der Waals surface area contributed by atoms with Crippen molar-refractivity contribution < 1.29 is 4.92 Å². The molecule has 1 aromatic heterocycles. The zero-order valence-corrected chi connectivity index (χ0v) is 13.1. The summed E-state index contributed by atoms with van der Waals surface area (Å²) in [5, 5.41) is 18.7. The van der Waals surface area contributed by atoms with Gasteiger partial charge in [-0.1, -0.05) is 6.92 Å². The first-order valence-electron chi connectivity index (χ1n) is 7.71. The number of rotatable bonds is 7. The zero-order valence-electron chi connectivity index (χ0n) is 13.1. The van der Waals surface area contributed by atoms with Gasteiger partial charge in [0, 0.05) is 19.6 Å². The van der Waals surface area contributed by atoms with E-state index in [4.69, 9.17) is 0 Å². The molecule has 7 nitrogen and oxygen atoms in total. The van der Waals surface area contributed by atoms with Crippen LogP contribution in [0.1, 0.15) is 32.4 Å². The lowest BCUT2D eigenvalue weighted by molar-refractivity contribution is -0.384. The number of anilines is 1. The average Bonchev–Trinajstić information content (AvgIpc) is 3.03. The molecule has 2 rings (SSSR count). The lowest BCUT2D eigenvalue weighted by Crippen LogP contribution is -2.29. The highest BCUT2D eigenvalue weighted by atomic mass is 16.6. The van der Waals surface area contributed by atoms with Crippen LogP contribution in [0.3, 0.4) is 0 Å². The second-order valence-corrected chi connectivity index (χ2v) is 5.85. The molecule has 0 aliphatic carbocycles. The summed E-state index contributed by atoms with van der Waals surface area (Å²) in [5.41, 5.74) is 0.571. The Morgan fingerprint density at radius 3 is 2.67 bits per heavy atom. The molecule has 21 heavy (non-hydrogen) atoms. The van der Waals surface area contributed by atoms with E-state index in [9.17, 15) is 10.1 Å². The van der Waals surface area contributed by atoms with Gasteiger partial charge in [0.1, 0.15) is 5.69 Å². The first-order valence-corrected chi connectivity index (χ1v) is 7.71. The maximum absolute atomic E-state index is 11.2. The molecule has 0 amide bonds. The third-order valence-corrected chi connectivity index (χ3v) is 3.96. The fraction of sp³-hybridized carbons (Fsp3) is 0.786. The molecule has 1 atom stereocenters. The quantitative estimate of drug-likeness (QED) is 0.617. The largest absolute Gasteiger partial charge is 0.364 e. The molecule has 0 bridgehead atoms. The minimum absolute atomic E-state index is 0.102. The van der Waals surface area contributed by atoms with E-state index in [1.54, 1.807) is 11.6 Å². The van der Waals surface area contributed by atoms with Gasteiger partial charge in [-0.25, -0.2) is 4.68 Å². The minimum atomic E-state index is -0.345. The molecule has 118 valence electrons. The predicted molar refractivity (Wildman–Crippen MR) is 82.6 cm³/mol. The number of aryl methyl sites for hydroxylation is 2. The third kappa shape index (κ3) is 3.72. The summed E-state index contributed by atoms with van der Waals surface area (Å²) in [7, 11) is 0. The monoisotopic (exact) mass is 295 g/mol. The van der Waals surface area contributed by atoms with Crippen molar-refractivity contribution >= 4 is 11.5 Å². The van der Waals surface area contributed by atoms with Crippen LogP contribution in [-0.2, 0) is 6.54 Å². The molecular formula is C14H25N5O2. The molecule has 1 N–H and O–H groups in total. The molecule has 1 aliphatic rings. The summed E-state index contributed by atoms with van der Waals surface area (Å²) < 4.78 is 1.68. The van der Waals surface area contributed by atoms with Crippen LogP contribution in [0.2, 0.25) is 0 Å². The number of hydrogen-bond acceptors (Lipinski definition) is 5. The highest BCUT2D eigenvalue weighted by Gasteiger charge is 2.25. The minimum Gasteiger partial charge on any atom is -0.364 e. The number of nitrogens with one attached hydrogen (secondary N) is 1. The lowest BCUT2D eigenvalue weighted by Gasteiger charge is -2.20. The summed E-state index contributed by atoms with van der Waals surface area (Å²) in [6.45, 7) is 10.5. The molecule has 0 radical (unpaired) electrons. The maximum atomic E-state index is 11.2. The summed E-state index contributed by atoms with van der Waals surface area (Å²) >= 11 is 0. The van der Waals surface area contributed by atoms with Gasteiger partial charge in [-0.05, 0) is 45.7 Å². The molecule has 7 heteroatoms. The second kappa shape index (κ2) is 6.89. The first-order chi connectivity index (χ1) is 10.0. The molecule has 2 heterocycles. The van der Waals surface area contributed by atoms with E-state index >= 15 is 0 Å². The van der Waals surface area contributed by atoms with E-state index in [1.807, 2.05) is 6.92 Å². The van der Waals surface area contributed by atoms with Crippen LogP contribution in [0.25, 0.3) is 0 Å². The molecule has 0 aromatic carbocycles. The van der Waals surface area contributed by atoms with Crippen LogP contribution in [0, 0.1) is 23.0 Å². The normalized spacial score (nSPS) is 17.1. The SMILES string of the molecule is CCn1nc(C)c([N+](=O)[O-])c1NCC(C)CN1CCCC1. The Kier molecular flexibility index (Phi) is 5.17. The number of nitrogens with zero attached hydrogens (tertiary/aromatic N) is 4. The Bertz CT molecular complexity index is 494. The van der Waals surface area contributed by atoms with Crippen LogP contribution < -0.4 is 5.32 Å². The summed E-state index contributed by atoms with van der Waals surface area (Å²) in [6, 6.07) is 0. The Morgan fingerprint density at radius 1 is 1.43 bits per heavy atom. The molecule has 1 unspecified atom stereocenters. The van der Waals surface area contributed by atoms with Crippen molar-refractivity contribution in [3.05, 3.63) is 15.8 Å². The Morgan fingerprint density at radius 2 is 2.10 bits per heavy atom. The van der Waals surface area contributed by atoms with Crippen LogP contribution in [-0.4, -0.2) is 45.8 Å². The van der Waals surface area contributed by atoms with Gasteiger partial charge in [-0.15, -0.1) is 0 Å². The van der Waals surface area contributed by atoms with Crippen molar-refractivity contribution in [3.63, 3.8) is 0 Å². The van der Waals surface area contributed by atoms with E-state index in [-0.39, 0.29) is 10.6 Å². The fourth-order valence-corrected chi connectivity index (χ4v) is 2.94. The molecule has 1 fully saturated rings. The van der Waals surface area contributed by atoms with Gasteiger partial charge in [-0.3, -0.25) is 10.1 Å². The van der Waals surface area contributed by atoms with Crippen molar-refractivity contribution in [2.75, 3.05) is 31.5 Å². The fourth-order valence-electron chi connectivity index (χ4n) is 2.94. The zero-order chi connectivity index (χ0) is 15.4. The van der Waals surface area contributed by atoms with Crippen LogP contribution in [0.5, 0.6) is 0 Å². The summed E-state index contributed by atoms with van der Waals surface area (Å²) in [6.07, 6.45) is 2.57. The first kappa shape index (κ1) is 15.8. The Labute approximate surface area is 125 Å². The molecule has 1 saturated heterocycles. The number of likely N-dealkylation sites (tertiary alicyclic amines) is 1. The topological polar surface area (TPSA) is 76.2 Å². The van der Waals surface area contributed by atoms with Crippen molar-refractivity contribution in [1.82, 2.24) is 14.7 Å². The number of hydrogen-bond donors (Lipinski definition) is 1. The highest BCUT2D eigenvalue weighted by Crippen LogP contribution is 2.28. The Hall–Kier alpha value is -1.63. The van der Waals surface area contributed by atoms with Crippen LogP contribution in [0.4, 0.5) is 11.5 Å². The molecule has 1 aromatic rings. The van der Waals surface area contributed by atoms with E-state index in [2.05, 4.69) is 22.2 Å². The van der Waals surface area contributed by atoms with Crippen LogP contribution in [0.15, 0.2) is 0 Å². The van der Waals surface area contributed by atoms with E-state index in [1.165, 1.54) is 25.9 Å². The van der Waals surface area contributed by atoms with Crippen molar-refractivity contribution in [2.24, 2.45) is 5.92 Å². The highest BCUT2D eigenvalue weighted by molar-refractivity contribution is 5.59. The number of aromatic nitrogens is 2. The maximum Gasteiger partial charge on any atom is 0.333 e. The summed E-state index contributed by atoms with van der Waals surface area (Å²) in [4.78, 5) is 13.3.